The zero-order valence-corrected chi connectivity index (χ0v) is 24.0. The fraction of sp³-hybridized carbons (Fsp3) is 0.625. The molecule has 0 bridgehead atoms. The molecule has 6 heteroatoms. The highest BCUT2D eigenvalue weighted by Crippen LogP contribution is 2.49. The van der Waals surface area contributed by atoms with Gasteiger partial charge < -0.3 is 15.0 Å². The topological polar surface area (TPSA) is 71.3 Å². The van der Waals surface area contributed by atoms with Crippen LogP contribution in [0.2, 0.25) is 0 Å². The van der Waals surface area contributed by atoms with Gasteiger partial charge in [0.1, 0.15) is 0 Å². The maximum atomic E-state index is 16.1. The summed E-state index contributed by atoms with van der Waals surface area (Å²) >= 11 is 0. The number of nitrogens with zero attached hydrogens (tertiary/aromatic N) is 1. The molecule has 0 radical (unpaired) electrons. The number of benzene rings is 1. The molecule has 208 valence electrons. The molecule has 2 aromatic rings. The molecule has 0 unspecified atom stereocenters. The molecular formula is C32H45FN2O3. The van der Waals surface area contributed by atoms with Gasteiger partial charge in [0.2, 0.25) is 5.95 Å². The van der Waals surface area contributed by atoms with Gasteiger partial charge in [0.05, 0.1) is 17.2 Å². The van der Waals surface area contributed by atoms with E-state index in [0.29, 0.717) is 12.5 Å². The van der Waals surface area contributed by atoms with Crippen LogP contribution in [0.25, 0.3) is 11.3 Å². The molecule has 1 amide bonds. The lowest BCUT2D eigenvalue weighted by Gasteiger charge is -2.25. The predicted octanol–water partition coefficient (Wildman–Crippen LogP) is 7.45. The molecule has 0 saturated heterocycles. The van der Waals surface area contributed by atoms with Crippen LogP contribution in [0.3, 0.4) is 0 Å². The van der Waals surface area contributed by atoms with Crippen LogP contribution in [0.4, 0.5) is 4.39 Å². The van der Waals surface area contributed by atoms with Crippen molar-refractivity contribution in [3.05, 3.63) is 46.9 Å². The molecule has 2 fully saturated rings. The van der Waals surface area contributed by atoms with Crippen molar-refractivity contribution in [3.63, 3.8) is 0 Å². The minimum Gasteiger partial charge on any atom is -0.481 e. The van der Waals surface area contributed by atoms with E-state index in [4.69, 9.17) is 0 Å². The van der Waals surface area contributed by atoms with Gasteiger partial charge in [-0.25, -0.2) is 0 Å². The third-order valence-corrected chi connectivity index (χ3v) is 8.74. The first-order valence-electron chi connectivity index (χ1n) is 14.4. The number of aliphatic carboxylic acids is 1. The summed E-state index contributed by atoms with van der Waals surface area (Å²) < 4.78 is 17.8. The smallest absolute Gasteiger partial charge is 0.306 e. The molecule has 5 nitrogen and oxygen atoms in total. The summed E-state index contributed by atoms with van der Waals surface area (Å²) in [6.07, 6.45) is 8.30. The average Bonchev–Trinajstić information content (AvgIpc) is 3.53. The number of hydrogen-bond donors (Lipinski definition) is 2. The third-order valence-electron chi connectivity index (χ3n) is 8.74. The molecule has 0 spiro atoms. The molecule has 4 rings (SSSR count). The zero-order valence-electron chi connectivity index (χ0n) is 24.0. The summed E-state index contributed by atoms with van der Waals surface area (Å²) in [5, 5.41) is 12.1. The first-order chi connectivity index (χ1) is 17.8. The van der Waals surface area contributed by atoms with Crippen LogP contribution in [0.15, 0.2) is 24.3 Å². The van der Waals surface area contributed by atoms with Crippen molar-refractivity contribution in [2.75, 3.05) is 0 Å². The van der Waals surface area contributed by atoms with Gasteiger partial charge in [-0.05, 0) is 90.7 Å². The van der Waals surface area contributed by atoms with E-state index in [1.54, 1.807) is 24.5 Å². The van der Waals surface area contributed by atoms with Crippen molar-refractivity contribution in [2.45, 2.75) is 116 Å². The number of carbonyl (C=O) groups is 2. The summed E-state index contributed by atoms with van der Waals surface area (Å²) in [6, 6.07) is 8.00. The van der Waals surface area contributed by atoms with Gasteiger partial charge in [-0.2, -0.15) is 4.39 Å². The van der Waals surface area contributed by atoms with E-state index < -0.39 is 23.7 Å². The number of rotatable bonds is 9. The molecule has 2 atom stereocenters. The maximum Gasteiger partial charge on any atom is 0.306 e. The predicted molar refractivity (Wildman–Crippen MR) is 150 cm³/mol. The Hall–Kier alpha value is -2.63. The summed E-state index contributed by atoms with van der Waals surface area (Å²) in [7, 11) is 0. The minimum atomic E-state index is -0.905. The Balaban J connectivity index is 1.75. The minimum absolute atomic E-state index is 0.0333. The lowest BCUT2D eigenvalue weighted by Crippen LogP contribution is -2.35. The Morgan fingerprint density at radius 1 is 1.11 bits per heavy atom. The number of aromatic nitrogens is 1. The molecule has 38 heavy (non-hydrogen) atoms. The van der Waals surface area contributed by atoms with E-state index in [9.17, 15) is 14.7 Å². The summed E-state index contributed by atoms with van der Waals surface area (Å²) in [4.78, 5) is 24.5. The second-order valence-electron chi connectivity index (χ2n) is 13.3. The average molecular weight is 525 g/mol. The molecule has 1 heterocycles. The lowest BCUT2D eigenvalue weighted by molar-refractivity contribution is -0.141. The Labute approximate surface area is 227 Å². The molecule has 2 aliphatic carbocycles. The number of nitrogens with one attached hydrogen (secondary N) is 1. The Morgan fingerprint density at radius 3 is 2.34 bits per heavy atom. The Bertz CT molecular complexity index is 1160. The summed E-state index contributed by atoms with van der Waals surface area (Å²) in [6.45, 7) is 12.8. The van der Waals surface area contributed by atoms with Gasteiger partial charge >= 0.3 is 5.97 Å². The second kappa shape index (κ2) is 10.9. The van der Waals surface area contributed by atoms with Crippen LogP contribution in [-0.4, -0.2) is 27.6 Å². The number of amides is 1. The van der Waals surface area contributed by atoms with Crippen molar-refractivity contribution in [3.8, 4) is 11.3 Å². The summed E-state index contributed by atoms with van der Waals surface area (Å²) in [5.41, 5.74) is 4.34. The van der Waals surface area contributed by atoms with Crippen LogP contribution in [-0.2, 0) is 22.2 Å². The van der Waals surface area contributed by atoms with Crippen molar-refractivity contribution >= 4 is 11.9 Å². The first kappa shape index (κ1) is 28.4. The van der Waals surface area contributed by atoms with Crippen LogP contribution in [0, 0.1) is 17.8 Å². The van der Waals surface area contributed by atoms with Crippen molar-refractivity contribution in [1.82, 2.24) is 9.88 Å². The standard InChI is InChI=1S/C32H45FN2O3/c1-20(30(37)38)14-21(2)34-29(36)26-18-27(35(28(26)33)19-22-10-8-7-9-11-22)23-15-24(31(3,4)5)17-25(16-23)32(6)12-13-32/h15-18,20-22H,7-14,19H2,1-6H3,(H,34,36)(H,37,38)/t20-,21-/m1/s1. The van der Waals surface area contributed by atoms with Gasteiger partial charge in [0, 0.05) is 12.6 Å². The van der Waals surface area contributed by atoms with Crippen LogP contribution < -0.4 is 5.32 Å². The number of carbonyl (C=O) groups excluding carboxylic acids is 1. The highest BCUT2D eigenvalue weighted by atomic mass is 19.1. The van der Waals surface area contributed by atoms with Crippen LogP contribution in [0.1, 0.15) is 114 Å². The maximum absolute atomic E-state index is 16.1. The third kappa shape index (κ3) is 6.32. The number of halogens is 1. The normalized spacial score (nSPS) is 19.1. The SMILES string of the molecule is C[C@H](C[C@@H](C)C(=O)O)NC(=O)c1cc(-c2cc(C(C)(C)C)cc(C3(C)CC3)c2)n(CC2CCCCC2)c1F. The van der Waals surface area contributed by atoms with E-state index >= 15 is 4.39 Å². The molecule has 1 aromatic carbocycles. The number of hydrogen-bond acceptors (Lipinski definition) is 2. The van der Waals surface area contributed by atoms with Gasteiger partial charge in [0.25, 0.3) is 5.91 Å². The first-order valence-corrected chi connectivity index (χ1v) is 14.4. The van der Waals surface area contributed by atoms with Gasteiger partial charge in [-0.3, -0.25) is 9.59 Å². The van der Waals surface area contributed by atoms with E-state index in [-0.39, 0.29) is 28.9 Å². The van der Waals surface area contributed by atoms with E-state index in [0.717, 1.165) is 49.8 Å². The Kier molecular flexibility index (Phi) is 8.11. The quantitative estimate of drug-likeness (QED) is 0.358. The van der Waals surface area contributed by atoms with Gasteiger partial charge in [-0.1, -0.05) is 59.9 Å². The highest BCUT2D eigenvalue weighted by Gasteiger charge is 2.40. The fourth-order valence-electron chi connectivity index (χ4n) is 5.75. The van der Waals surface area contributed by atoms with Crippen LogP contribution >= 0.6 is 0 Å². The summed E-state index contributed by atoms with van der Waals surface area (Å²) in [5.74, 6) is -2.09. The molecule has 1 aromatic heterocycles. The molecule has 2 N–H and O–H groups in total. The van der Waals surface area contributed by atoms with Crippen molar-refractivity contribution < 1.29 is 19.1 Å². The molecule has 2 aliphatic rings. The van der Waals surface area contributed by atoms with E-state index in [1.165, 1.54) is 17.5 Å². The van der Waals surface area contributed by atoms with Crippen molar-refractivity contribution in [2.24, 2.45) is 11.8 Å². The lowest BCUT2D eigenvalue weighted by atomic mass is 9.82. The highest BCUT2D eigenvalue weighted by molar-refractivity contribution is 5.96. The van der Waals surface area contributed by atoms with Gasteiger partial charge in [0.15, 0.2) is 0 Å². The largest absolute Gasteiger partial charge is 0.481 e. The van der Waals surface area contributed by atoms with Gasteiger partial charge in [-0.15, -0.1) is 0 Å². The van der Waals surface area contributed by atoms with E-state index in [1.807, 2.05) is 0 Å². The van der Waals surface area contributed by atoms with Crippen molar-refractivity contribution in [1.29, 1.82) is 0 Å². The zero-order chi connectivity index (χ0) is 27.8. The van der Waals surface area contributed by atoms with Crippen LogP contribution in [0.5, 0.6) is 0 Å². The molecule has 0 aliphatic heterocycles. The molecule has 2 saturated carbocycles. The molecular weight excluding hydrogens is 479 g/mol. The second-order valence-corrected chi connectivity index (χ2v) is 13.3. The van der Waals surface area contributed by atoms with E-state index in [2.05, 4.69) is 51.2 Å². The number of carboxylic acid groups (broad SMARTS) is 1. The Morgan fingerprint density at radius 2 is 1.76 bits per heavy atom. The number of carboxylic acids is 1. The monoisotopic (exact) mass is 524 g/mol. The fourth-order valence-corrected chi connectivity index (χ4v) is 5.75.